The van der Waals surface area contributed by atoms with Gasteiger partial charge in [-0.25, -0.2) is 0 Å². The Morgan fingerprint density at radius 2 is 1.84 bits per heavy atom. The molecule has 2 amide bonds. The average Bonchev–Trinajstić information content (AvgIpc) is 3.38. The zero-order valence-corrected chi connectivity index (χ0v) is 18.6. The van der Waals surface area contributed by atoms with E-state index in [1.54, 1.807) is 0 Å². The number of hydrogen-bond acceptors (Lipinski definition) is 8. The van der Waals surface area contributed by atoms with E-state index >= 15 is 0 Å². The SMILES string of the molecule is Cc1cc(C)cc(C(=O)Nc2nnc(SCC(=O)NCc3ccc4c(c3)OCO4)s2)c1. The highest BCUT2D eigenvalue weighted by molar-refractivity contribution is 8.01. The van der Waals surface area contributed by atoms with Crippen LogP contribution in [0.15, 0.2) is 40.7 Å². The van der Waals surface area contributed by atoms with Gasteiger partial charge in [-0.3, -0.25) is 14.9 Å². The summed E-state index contributed by atoms with van der Waals surface area (Å²) >= 11 is 2.50. The van der Waals surface area contributed by atoms with Crippen LogP contribution in [0.3, 0.4) is 0 Å². The number of ether oxygens (including phenoxy) is 2. The average molecular weight is 457 g/mol. The monoisotopic (exact) mass is 456 g/mol. The van der Waals surface area contributed by atoms with Gasteiger partial charge in [0.05, 0.1) is 5.75 Å². The minimum absolute atomic E-state index is 0.126. The van der Waals surface area contributed by atoms with Gasteiger partial charge in [0, 0.05) is 12.1 Å². The number of thioether (sulfide) groups is 1. The van der Waals surface area contributed by atoms with Crippen LogP contribution in [0.5, 0.6) is 11.5 Å². The topological polar surface area (TPSA) is 102 Å². The number of rotatable bonds is 7. The van der Waals surface area contributed by atoms with Gasteiger partial charge in [0.1, 0.15) is 0 Å². The second kappa shape index (κ2) is 9.36. The Kier molecular flexibility index (Phi) is 6.38. The standard InChI is InChI=1S/C21H20N4O4S2/c1-12-5-13(2)7-15(6-12)19(27)23-20-24-25-21(31-20)30-10-18(26)22-9-14-3-4-16-17(8-14)29-11-28-16/h3-8H,9-11H2,1-2H3,(H,22,26)(H,23,24,27). The van der Waals surface area contributed by atoms with E-state index in [-0.39, 0.29) is 24.4 Å². The van der Waals surface area contributed by atoms with Crippen LogP contribution >= 0.6 is 23.1 Å². The van der Waals surface area contributed by atoms with Gasteiger partial charge in [-0.2, -0.15) is 0 Å². The number of amides is 2. The molecule has 2 aromatic carbocycles. The number of hydrogen-bond donors (Lipinski definition) is 2. The van der Waals surface area contributed by atoms with Crippen LogP contribution in [-0.2, 0) is 11.3 Å². The fourth-order valence-electron chi connectivity index (χ4n) is 3.02. The van der Waals surface area contributed by atoms with Crippen molar-refractivity contribution in [2.45, 2.75) is 24.7 Å². The molecule has 1 aromatic heterocycles. The molecular weight excluding hydrogens is 436 g/mol. The molecule has 10 heteroatoms. The maximum Gasteiger partial charge on any atom is 0.257 e. The van der Waals surface area contributed by atoms with Gasteiger partial charge in [0.25, 0.3) is 5.91 Å². The van der Waals surface area contributed by atoms with Gasteiger partial charge >= 0.3 is 0 Å². The Balaban J connectivity index is 1.25. The van der Waals surface area contributed by atoms with Crippen molar-refractivity contribution in [1.29, 1.82) is 0 Å². The highest BCUT2D eigenvalue weighted by atomic mass is 32.2. The number of nitrogens with zero attached hydrogens (tertiary/aromatic N) is 2. The van der Waals surface area contributed by atoms with Crippen molar-refractivity contribution in [3.05, 3.63) is 58.7 Å². The highest BCUT2D eigenvalue weighted by Crippen LogP contribution is 2.32. The summed E-state index contributed by atoms with van der Waals surface area (Å²) in [4.78, 5) is 24.6. The zero-order valence-electron chi connectivity index (χ0n) is 16.9. The maximum absolute atomic E-state index is 12.4. The molecule has 2 heterocycles. The van der Waals surface area contributed by atoms with Crippen molar-refractivity contribution in [2.24, 2.45) is 0 Å². The molecule has 1 aliphatic rings. The van der Waals surface area contributed by atoms with Crippen molar-refractivity contribution in [2.75, 3.05) is 17.9 Å². The van der Waals surface area contributed by atoms with Crippen LogP contribution in [0.1, 0.15) is 27.0 Å². The third-order valence-electron chi connectivity index (χ3n) is 4.36. The molecule has 0 atom stereocenters. The van der Waals surface area contributed by atoms with E-state index in [0.29, 0.717) is 33.1 Å². The van der Waals surface area contributed by atoms with Gasteiger partial charge in [-0.15, -0.1) is 10.2 Å². The number of benzene rings is 2. The lowest BCUT2D eigenvalue weighted by Crippen LogP contribution is -2.24. The van der Waals surface area contributed by atoms with Crippen molar-refractivity contribution in [3.63, 3.8) is 0 Å². The number of anilines is 1. The number of carbonyl (C=O) groups is 2. The van der Waals surface area contributed by atoms with Crippen LogP contribution in [0.4, 0.5) is 5.13 Å². The molecule has 3 aromatic rings. The van der Waals surface area contributed by atoms with Crippen molar-refractivity contribution >= 4 is 40.0 Å². The lowest BCUT2D eigenvalue weighted by atomic mass is 10.1. The van der Waals surface area contributed by atoms with Crippen LogP contribution < -0.4 is 20.1 Å². The second-order valence-electron chi connectivity index (χ2n) is 6.96. The van der Waals surface area contributed by atoms with Gasteiger partial charge < -0.3 is 14.8 Å². The first kappa shape index (κ1) is 21.1. The van der Waals surface area contributed by atoms with E-state index in [0.717, 1.165) is 16.7 Å². The predicted octanol–water partition coefficient (Wildman–Crippen LogP) is 3.54. The Morgan fingerprint density at radius 3 is 2.65 bits per heavy atom. The van der Waals surface area contributed by atoms with E-state index in [4.69, 9.17) is 9.47 Å². The molecule has 31 heavy (non-hydrogen) atoms. The van der Waals surface area contributed by atoms with Gasteiger partial charge in [0.15, 0.2) is 15.8 Å². The maximum atomic E-state index is 12.4. The summed E-state index contributed by atoms with van der Waals surface area (Å²) < 4.78 is 11.2. The molecule has 0 saturated carbocycles. The number of nitrogens with one attached hydrogen (secondary N) is 2. The summed E-state index contributed by atoms with van der Waals surface area (Å²) in [5.74, 6) is 1.23. The molecule has 0 unspecified atom stereocenters. The molecular formula is C21H20N4O4S2. The summed E-state index contributed by atoms with van der Waals surface area (Å²) in [5.41, 5.74) is 3.54. The fraction of sp³-hybridized carbons (Fsp3) is 0.238. The summed E-state index contributed by atoms with van der Waals surface area (Å²) in [7, 11) is 0. The Bertz CT molecular complexity index is 1110. The second-order valence-corrected chi connectivity index (χ2v) is 9.16. The Hall–Kier alpha value is -3.11. The number of aromatic nitrogens is 2. The van der Waals surface area contributed by atoms with E-state index in [9.17, 15) is 9.59 Å². The molecule has 0 radical (unpaired) electrons. The molecule has 0 saturated heterocycles. The largest absolute Gasteiger partial charge is 0.454 e. The molecule has 160 valence electrons. The van der Waals surface area contributed by atoms with Gasteiger partial charge in [0.2, 0.25) is 17.8 Å². The summed E-state index contributed by atoms with van der Waals surface area (Å²) in [5, 5.41) is 14.0. The van der Waals surface area contributed by atoms with E-state index in [1.165, 1.54) is 23.1 Å². The Morgan fingerprint density at radius 1 is 1.06 bits per heavy atom. The van der Waals surface area contributed by atoms with Crippen LogP contribution in [-0.4, -0.2) is 34.6 Å². The highest BCUT2D eigenvalue weighted by Gasteiger charge is 2.15. The summed E-state index contributed by atoms with van der Waals surface area (Å²) in [6, 6.07) is 11.2. The minimum Gasteiger partial charge on any atom is -0.454 e. The van der Waals surface area contributed by atoms with Gasteiger partial charge in [-0.05, 0) is 43.7 Å². The first-order chi connectivity index (χ1) is 15.0. The molecule has 1 aliphatic heterocycles. The third-order valence-corrected chi connectivity index (χ3v) is 6.34. The zero-order chi connectivity index (χ0) is 21.8. The number of aryl methyl sites for hydroxylation is 2. The normalized spacial score (nSPS) is 11.9. The molecule has 8 nitrogen and oxygen atoms in total. The van der Waals surface area contributed by atoms with E-state index in [2.05, 4.69) is 20.8 Å². The first-order valence-corrected chi connectivity index (χ1v) is 11.3. The summed E-state index contributed by atoms with van der Waals surface area (Å²) in [6.45, 7) is 4.50. The van der Waals surface area contributed by atoms with Crippen molar-refractivity contribution in [3.8, 4) is 11.5 Å². The molecule has 4 rings (SSSR count). The van der Waals surface area contributed by atoms with Gasteiger partial charge in [-0.1, -0.05) is 46.4 Å². The predicted molar refractivity (Wildman–Crippen MR) is 119 cm³/mol. The lowest BCUT2D eigenvalue weighted by molar-refractivity contribution is -0.118. The molecule has 2 N–H and O–H groups in total. The van der Waals surface area contributed by atoms with Crippen molar-refractivity contribution < 1.29 is 19.1 Å². The summed E-state index contributed by atoms with van der Waals surface area (Å²) in [6.07, 6.45) is 0. The molecule has 0 aliphatic carbocycles. The molecule has 0 fully saturated rings. The number of carbonyl (C=O) groups excluding carboxylic acids is 2. The van der Waals surface area contributed by atoms with Crippen LogP contribution in [0.25, 0.3) is 0 Å². The first-order valence-electron chi connectivity index (χ1n) is 9.47. The van der Waals surface area contributed by atoms with E-state index in [1.807, 2.05) is 50.2 Å². The minimum atomic E-state index is -0.235. The third kappa shape index (κ3) is 5.53. The Labute approximate surface area is 187 Å². The molecule has 0 bridgehead atoms. The number of fused-ring (bicyclic) bond motifs is 1. The fourth-order valence-corrected chi connectivity index (χ4v) is 4.60. The molecule has 0 spiro atoms. The van der Waals surface area contributed by atoms with Crippen LogP contribution in [0.2, 0.25) is 0 Å². The van der Waals surface area contributed by atoms with Crippen molar-refractivity contribution in [1.82, 2.24) is 15.5 Å². The smallest absolute Gasteiger partial charge is 0.257 e. The van der Waals surface area contributed by atoms with Crippen LogP contribution in [0, 0.1) is 13.8 Å². The lowest BCUT2D eigenvalue weighted by Gasteiger charge is -2.05. The van der Waals surface area contributed by atoms with E-state index < -0.39 is 0 Å². The quantitative estimate of drug-likeness (QED) is 0.414.